The monoisotopic (exact) mass is 418 g/mol. The predicted octanol–water partition coefficient (Wildman–Crippen LogP) is 3.50. The molecule has 3 N–H and O–H groups in total. The van der Waals surface area contributed by atoms with Crippen molar-refractivity contribution in [3.05, 3.63) is 82.6 Å². The molecule has 9 heteroatoms. The Balaban J connectivity index is 1.55. The number of sulfone groups is 1. The van der Waals surface area contributed by atoms with Gasteiger partial charge in [-0.3, -0.25) is 5.10 Å². The number of hydrogen-bond donors (Lipinski definition) is 3. The molecule has 0 saturated carbocycles. The first-order chi connectivity index (χ1) is 13.4. The second-order valence-electron chi connectivity index (χ2n) is 6.23. The third-order valence-corrected chi connectivity index (χ3v) is 5.83. The van der Waals surface area contributed by atoms with Crippen molar-refractivity contribution in [1.82, 2.24) is 15.5 Å². The molecule has 7 nitrogen and oxygen atoms in total. The van der Waals surface area contributed by atoms with Gasteiger partial charge in [0.05, 0.1) is 17.7 Å². The lowest BCUT2D eigenvalue weighted by Crippen LogP contribution is -2.28. The Labute approximate surface area is 168 Å². The van der Waals surface area contributed by atoms with Crippen molar-refractivity contribution in [2.75, 3.05) is 5.32 Å². The van der Waals surface area contributed by atoms with Gasteiger partial charge in [-0.25, -0.2) is 13.2 Å². The summed E-state index contributed by atoms with van der Waals surface area (Å²) in [5.74, 6) is -0.228. The number of nitrogens with zero attached hydrogens (tertiary/aromatic N) is 1. The Kier molecular flexibility index (Phi) is 6.33. The van der Waals surface area contributed by atoms with Crippen molar-refractivity contribution >= 4 is 33.2 Å². The number of amides is 2. The zero-order chi connectivity index (χ0) is 20.0. The van der Waals surface area contributed by atoms with Crippen LogP contribution in [0.2, 0.25) is 5.02 Å². The number of urea groups is 1. The van der Waals surface area contributed by atoms with E-state index in [1.807, 2.05) is 0 Å². The molecule has 146 valence electrons. The molecular weight excluding hydrogens is 400 g/mol. The van der Waals surface area contributed by atoms with E-state index in [-0.39, 0.29) is 17.5 Å². The standard InChI is InChI=1S/C19H19ClN4O3S/c20-18-4-2-1-3-16(18)13-28(26,27)12-14-5-7-17(8-6-14)24-19(25)21-9-15-10-22-23-11-15/h1-8,10-11H,9,12-13H2,(H,22,23)(H2,21,24,25). The Morgan fingerprint density at radius 3 is 2.46 bits per heavy atom. The number of nitrogens with one attached hydrogen (secondary N) is 3. The molecule has 0 unspecified atom stereocenters. The first-order valence-corrected chi connectivity index (χ1v) is 10.7. The molecule has 2 amide bonds. The summed E-state index contributed by atoms with van der Waals surface area (Å²) in [6.45, 7) is 0.348. The maximum absolute atomic E-state index is 12.4. The van der Waals surface area contributed by atoms with E-state index in [1.54, 1.807) is 60.9 Å². The van der Waals surface area contributed by atoms with Crippen LogP contribution in [0.15, 0.2) is 60.9 Å². The van der Waals surface area contributed by atoms with Crippen LogP contribution in [-0.2, 0) is 27.9 Å². The number of hydrogen-bond acceptors (Lipinski definition) is 4. The van der Waals surface area contributed by atoms with Gasteiger partial charge in [0.15, 0.2) is 9.84 Å². The van der Waals surface area contributed by atoms with E-state index in [2.05, 4.69) is 20.8 Å². The first kappa shape index (κ1) is 19.9. The fourth-order valence-corrected chi connectivity index (χ4v) is 4.38. The third kappa shape index (κ3) is 5.83. The van der Waals surface area contributed by atoms with Gasteiger partial charge >= 0.3 is 6.03 Å². The summed E-state index contributed by atoms with van der Waals surface area (Å²) < 4.78 is 24.9. The number of H-pyrrole nitrogens is 1. The van der Waals surface area contributed by atoms with Crippen molar-refractivity contribution < 1.29 is 13.2 Å². The fraction of sp³-hybridized carbons (Fsp3) is 0.158. The zero-order valence-electron chi connectivity index (χ0n) is 14.9. The first-order valence-electron chi connectivity index (χ1n) is 8.46. The highest BCUT2D eigenvalue weighted by Gasteiger charge is 2.15. The van der Waals surface area contributed by atoms with Crippen LogP contribution in [0, 0.1) is 0 Å². The molecule has 0 atom stereocenters. The summed E-state index contributed by atoms with van der Waals surface area (Å²) in [6, 6.07) is 13.2. The minimum Gasteiger partial charge on any atom is -0.334 e. The summed E-state index contributed by atoms with van der Waals surface area (Å²) in [6.07, 6.45) is 3.32. The Morgan fingerprint density at radius 1 is 1.04 bits per heavy atom. The van der Waals surface area contributed by atoms with Crippen LogP contribution in [-0.4, -0.2) is 24.6 Å². The largest absolute Gasteiger partial charge is 0.334 e. The summed E-state index contributed by atoms with van der Waals surface area (Å²) in [4.78, 5) is 11.9. The molecule has 3 aromatic rings. The van der Waals surface area contributed by atoms with E-state index in [1.165, 1.54) is 0 Å². The lowest BCUT2D eigenvalue weighted by Gasteiger charge is -2.09. The van der Waals surface area contributed by atoms with E-state index >= 15 is 0 Å². The van der Waals surface area contributed by atoms with Gasteiger partial charge in [0.2, 0.25) is 0 Å². The van der Waals surface area contributed by atoms with Gasteiger partial charge in [0, 0.05) is 29.0 Å². The molecule has 0 aliphatic carbocycles. The molecule has 0 fully saturated rings. The van der Waals surface area contributed by atoms with Crippen LogP contribution in [0.3, 0.4) is 0 Å². The lowest BCUT2D eigenvalue weighted by atomic mass is 10.2. The topological polar surface area (TPSA) is 104 Å². The van der Waals surface area contributed by atoms with Gasteiger partial charge in [-0.2, -0.15) is 5.10 Å². The van der Waals surface area contributed by atoms with Crippen molar-refractivity contribution in [3.8, 4) is 0 Å². The third-order valence-electron chi connectivity index (χ3n) is 3.94. The van der Waals surface area contributed by atoms with Crippen molar-refractivity contribution in [3.63, 3.8) is 0 Å². The Bertz CT molecular complexity index is 1040. The Hall–Kier alpha value is -2.84. The van der Waals surface area contributed by atoms with E-state index in [9.17, 15) is 13.2 Å². The van der Waals surface area contributed by atoms with E-state index < -0.39 is 9.84 Å². The van der Waals surface area contributed by atoms with Crippen LogP contribution in [0.4, 0.5) is 10.5 Å². The SMILES string of the molecule is O=C(NCc1cn[nH]c1)Nc1ccc(CS(=O)(=O)Cc2ccccc2Cl)cc1. The van der Waals surface area contributed by atoms with E-state index in [4.69, 9.17) is 11.6 Å². The molecule has 0 bridgehead atoms. The van der Waals surface area contributed by atoms with Gasteiger partial charge in [0.1, 0.15) is 0 Å². The van der Waals surface area contributed by atoms with Gasteiger partial charge < -0.3 is 10.6 Å². The number of benzene rings is 2. The van der Waals surface area contributed by atoms with Crippen molar-refractivity contribution in [2.45, 2.75) is 18.1 Å². The van der Waals surface area contributed by atoms with E-state index in [0.717, 1.165) is 5.56 Å². The van der Waals surface area contributed by atoms with Gasteiger partial charge in [0.25, 0.3) is 0 Å². The molecule has 0 radical (unpaired) electrons. The molecule has 28 heavy (non-hydrogen) atoms. The summed E-state index contributed by atoms with van der Waals surface area (Å²) in [7, 11) is -3.37. The summed E-state index contributed by atoms with van der Waals surface area (Å²) in [5, 5.41) is 12.3. The molecule has 3 rings (SSSR count). The number of anilines is 1. The minimum absolute atomic E-state index is 0.106. The van der Waals surface area contributed by atoms with Crippen LogP contribution in [0.25, 0.3) is 0 Å². The minimum atomic E-state index is -3.37. The number of aromatic nitrogens is 2. The number of aromatic amines is 1. The molecule has 0 spiro atoms. The van der Waals surface area contributed by atoms with Crippen LogP contribution in [0.1, 0.15) is 16.7 Å². The van der Waals surface area contributed by atoms with Crippen molar-refractivity contribution in [2.24, 2.45) is 0 Å². The number of rotatable bonds is 7. The molecule has 2 aromatic carbocycles. The van der Waals surface area contributed by atoms with Gasteiger partial charge in [-0.15, -0.1) is 0 Å². The maximum atomic E-state index is 12.4. The van der Waals surface area contributed by atoms with Gasteiger partial charge in [-0.1, -0.05) is 41.9 Å². The number of carbonyl (C=O) groups is 1. The zero-order valence-corrected chi connectivity index (χ0v) is 16.4. The number of carbonyl (C=O) groups excluding carboxylic acids is 1. The smallest absolute Gasteiger partial charge is 0.319 e. The quantitative estimate of drug-likeness (QED) is 0.546. The molecule has 0 aliphatic rings. The van der Waals surface area contributed by atoms with Gasteiger partial charge in [-0.05, 0) is 29.3 Å². The molecule has 0 aliphatic heterocycles. The second-order valence-corrected chi connectivity index (χ2v) is 8.71. The van der Waals surface area contributed by atoms with Crippen molar-refractivity contribution in [1.29, 1.82) is 0 Å². The normalized spacial score (nSPS) is 11.2. The predicted molar refractivity (Wildman–Crippen MR) is 109 cm³/mol. The average molecular weight is 419 g/mol. The second kappa shape index (κ2) is 8.90. The van der Waals surface area contributed by atoms with Crippen LogP contribution < -0.4 is 10.6 Å². The molecule has 0 saturated heterocycles. The highest BCUT2D eigenvalue weighted by Crippen LogP contribution is 2.20. The summed E-state index contributed by atoms with van der Waals surface area (Å²) >= 11 is 6.04. The fourth-order valence-electron chi connectivity index (χ4n) is 2.57. The highest BCUT2D eigenvalue weighted by molar-refractivity contribution is 7.89. The lowest BCUT2D eigenvalue weighted by molar-refractivity contribution is 0.251. The molecule has 1 heterocycles. The average Bonchev–Trinajstić information content (AvgIpc) is 3.17. The summed E-state index contributed by atoms with van der Waals surface area (Å²) in [5.41, 5.74) is 2.64. The van der Waals surface area contributed by atoms with Crippen LogP contribution >= 0.6 is 11.6 Å². The molecule has 1 aromatic heterocycles. The molecular formula is C19H19ClN4O3S. The van der Waals surface area contributed by atoms with E-state index in [0.29, 0.717) is 28.4 Å². The van der Waals surface area contributed by atoms with Crippen LogP contribution in [0.5, 0.6) is 0 Å². The highest BCUT2D eigenvalue weighted by atomic mass is 35.5. The maximum Gasteiger partial charge on any atom is 0.319 e. The Morgan fingerprint density at radius 2 is 1.79 bits per heavy atom. The number of halogens is 1.